The van der Waals surface area contributed by atoms with Gasteiger partial charge in [0.15, 0.2) is 0 Å². The Labute approximate surface area is 105 Å². The van der Waals surface area contributed by atoms with E-state index in [1.807, 2.05) is 0 Å². The van der Waals surface area contributed by atoms with Gasteiger partial charge < -0.3 is 10.2 Å². The molecule has 0 aromatic carbocycles. The highest BCUT2D eigenvalue weighted by Gasteiger charge is 2.34. The molecule has 3 heteroatoms. The molecule has 0 spiro atoms. The van der Waals surface area contributed by atoms with Gasteiger partial charge >= 0.3 is 0 Å². The molecule has 3 nitrogen and oxygen atoms in total. The van der Waals surface area contributed by atoms with Crippen molar-refractivity contribution >= 4 is 5.91 Å². The first-order chi connectivity index (χ1) is 8.16. The van der Waals surface area contributed by atoms with Gasteiger partial charge in [-0.25, -0.2) is 0 Å². The van der Waals surface area contributed by atoms with Crippen molar-refractivity contribution in [2.45, 2.75) is 76.9 Å². The van der Waals surface area contributed by atoms with E-state index in [1.54, 1.807) is 0 Å². The molecule has 1 aliphatic carbocycles. The third-order valence-corrected chi connectivity index (χ3v) is 3.99. The summed E-state index contributed by atoms with van der Waals surface area (Å²) in [5, 5.41) is 3.49. The highest BCUT2D eigenvalue weighted by Crippen LogP contribution is 2.25. The molecule has 1 atom stereocenters. The average Bonchev–Trinajstić information content (AvgIpc) is 2.52. The maximum Gasteiger partial charge on any atom is 0.224 e. The Bertz CT molecular complexity index is 257. The first kappa shape index (κ1) is 12.9. The summed E-state index contributed by atoms with van der Waals surface area (Å²) in [6, 6.07) is 1.39. The number of likely N-dealkylation sites (tertiary alicyclic amines) is 1. The van der Waals surface area contributed by atoms with Crippen LogP contribution in [-0.4, -0.2) is 35.5 Å². The van der Waals surface area contributed by atoms with Crippen LogP contribution in [0.2, 0.25) is 0 Å². The molecule has 0 aromatic rings. The van der Waals surface area contributed by atoms with E-state index in [-0.39, 0.29) is 0 Å². The molecule has 2 fully saturated rings. The summed E-state index contributed by atoms with van der Waals surface area (Å²) in [4.78, 5) is 14.2. The zero-order valence-electron chi connectivity index (χ0n) is 11.2. The number of amides is 1. The van der Waals surface area contributed by atoms with Crippen LogP contribution in [0, 0.1) is 0 Å². The molecule has 1 saturated heterocycles. The highest BCUT2D eigenvalue weighted by molar-refractivity contribution is 5.79. The maximum absolute atomic E-state index is 12.1. The van der Waals surface area contributed by atoms with Crippen LogP contribution in [0.3, 0.4) is 0 Å². The molecule has 0 aromatic heterocycles. The zero-order valence-corrected chi connectivity index (χ0v) is 11.2. The molecule has 1 amide bonds. The third kappa shape index (κ3) is 3.44. The van der Waals surface area contributed by atoms with E-state index in [0.29, 0.717) is 30.5 Å². The largest absolute Gasteiger partial charge is 0.338 e. The zero-order chi connectivity index (χ0) is 12.3. The SMILES string of the molecule is CC(C)N[C@H]1CC(=O)N(C2CCCCCC2)C1. The van der Waals surface area contributed by atoms with Crippen molar-refractivity contribution in [3.8, 4) is 0 Å². The van der Waals surface area contributed by atoms with Crippen molar-refractivity contribution in [3.63, 3.8) is 0 Å². The van der Waals surface area contributed by atoms with Crippen molar-refractivity contribution in [1.29, 1.82) is 0 Å². The van der Waals surface area contributed by atoms with Crippen LogP contribution in [0.15, 0.2) is 0 Å². The van der Waals surface area contributed by atoms with Crippen LogP contribution >= 0.6 is 0 Å². The number of carbonyl (C=O) groups excluding carboxylic acids is 1. The van der Waals surface area contributed by atoms with Crippen LogP contribution in [0.1, 0.15) is 58.8 Å². The quantitative estimate of drug-likeness (QED) is 0.765. The lowest BCUT2D eigenvalue weighted by Gasteiger charge is -2.27. The molecule has 2 rings (SSSR count). The monoisotopic (exact) mass is 238 g/mol. The number of hydrogen-bond donors (Lipinski definition) is 1. The molecule has 2 aliphatic rings. The second kappa shape index (κ2) is 5.85. The number of rotatable bonds is 3. The first-order valence-corrected chi connectivity index (χ1v) is 7.22. The van der Waals surface area contributed by atoms with Gasteiger partial charge in [-0.2, -0.15) is 0 Å². The van der Waals surface area contributed by atoms with E-state index in [1.165, 1.54) is 38.5 Å². The Morgan fingerprint density at radius 3 is 2.41 bits per heavy atom. The minimum absolute atomic E-state index is 0.370. The van der Waals surface area contributed by atoms with Crippen molar-refractivity contribution in [3.05, 3.63) is 0 Å². The summed E-state index contributed by atoms with van der Waals surface area (Å²) in [7, 11) is 0. The van der Waals surface area contributed by atoms with Gasteiger partial charge in [0.1, 0.15) is 0 Å². The van der Waals surface area contributed by atoms with Gasteiger partial charge in [0.25, 0.3) is 0 Å². The highest BCUT2D eigenvalue weighted by atomic mass is 16.2. The summed E-state index contributed by atoms with van der Waals surface area (Å²) in [5.74, 6) is 0.370. The predicted octanol–water partition coefficient (Wildman–Crippen LogP) is 2.31. The summed E-state index contributed by atoms with van der Waals surface area (Å²) in [6.45, 7) is 5.24. The lowest BCUT2D eigenvalue weighted by molar-refractivity contribution is -0.129. The summed E-state index contributed by atoms with van der Waals surface area (Å²) < 4.78 is 0. The van der Waals surface area contributed by atoms with E-state index in [4.69, 9.17) is 0 Å². The fourth-order valence-corrected chi connectivity index (χ4v) is 3.24. The molecule has 0 bridgehead atoms. The second-order valence-corrected chi connectivity index (χ2v) is 5.91. The number of nitrogens with zero attached hydrogens (tertiary/aromatic N) is 1. The number of carbonyl (C=O) groups is 1. The fraction of sp³-hybridized carbons (Fsp3) is 0.929. The standard InChI is InChI=1S/C14H26N2O/c1-11(2)15-12-9-14(17)16(10-12)13-7-5-3-4-6-8-13/h11-13,15H,3-10H2,1-2H3/t12-/m0/s1. The number of hydrogen-bond acceptors (Lipinski definition) is 2. The Morgan fingerprint density at radius 1 is 1.18 bits per heavy atom. The predicted molar refractivity (Wildman–Crippen MR) is 69.9 cm³/mol. The van der Waals surface area contributed by atoms with E-state index in [9.17, 15) is 4.79 Å². The number of nitrogens with one attached hydrogen (secondary N) is 1. The van der Waals surface area contributed by atoms with Gasteiger partial charge in [0.2, 0.25) is 5.91 Å². The summed E-state index contributed by atoms with van der Waals surface area (Å²) in [6.07, 6.45) is 8.46. The van der Waals surface area contributed by atoms with E-state index < -0.39 is 0 Å². The Kier molecular flexibility index (Phi) is 4.43. The molecule has 0 unspecified atom stereocenters. The smallest absolute Gasteiger partial charge is 0.224 e. The van der Waals surface area contributed by atoms with Gasteiger partial charge in [-0.3, -0.25) is 4.79 Å². The molecular formula is C14H26N2O. The van der Waals surface area contributed by atoms with Crippen LogP contribution < -0.4 is 5.32 Å². The Balaban J connectivity index is 1.90. The van der Waals surface area contributed by atoms with Crippen molar-refractivity contribution in [2.24, 2.45) is 0 Å². The topological polar surface area (TPSA) is 32.3 Å². The van der Waals surface area contributed by atoms with Gasteiger partial charge in [0.05, 0.1) is 0 Å². The van der Waals surface area contributed by atoms with E-state index in [0.717, 1.165) is 6.54 Å². The average molecular weight is 238 g/mol. The van der Waals surface area contributed by atoms with Gasteiger partial charge in [-0.1, -0.05) is 39.5 Å². The molecule has 1 saturated carbocycles. The lowest BCUT2D eigenvalue weighted by Crippen LogP contribution is -2.40. The van der Waals surface area contributed by atoms with Gasteiger partial charge in [-0.05, 0) is 12.8 Å². The normalized spacial score (nSPS) is 27.8. The van der Waals surface area contributed by atoms with E-state index >= 15 is 0 Å². The Hall–Kier alpha value is -0.570. The van der Waals surface area contributed by atoms with Gasteiger partial charge in [-0.15, -0.1) is 0 Å². The van der Waals surface area contributed by atoms with Crippen molar-refractivity contribution in [1.82, 2.24) is 10.2 Å². The van der Waals surface area contributed by atoms with Crippen LogP contribution in [0.25, 0.3) is 0 Å². The molecule has 1 aliphatic heterocycles. The van der Waals surface area contributed by atoms with Crippen molar-refractivity contribution in [2.75, 3.05) is 6.54 Å². The van der Waals surface area contributed by atoms with Crippen LogP contribution in [0.5, 0.6) is 0 Å². The first-order valence-electron chi connectivity index (χ1n) is 7.22. The van der Waals surface area contributed by atoms with Crippen LogP contribution in [-0.2, 0) is 4.79 Å². The second-order valence-electron chi connectivity index (χ2n) is 5.91. The Morgan fingerprint density at radius 2 is 1.82 bits per heavy atom. The summed E-state index contributed by atoms with van der Waals surface area (Å²) >= 11 is 0. The van der Waals surface area contributed by atoms with Gasteiger partial charge in [0, 0.05) is 31.1 Å². The maximum atomic E-state index is 12.1. The van der Waals surface area contributed by atoms with Crippen LogP contribution in [0.4, 0.5) is 0 Å². The van der Waals surface area contributed by atoms with Crippen molar-refractivity contribution < 1.29 is 4.79 Å². The minimum atomic E-state index is 0.370. The minimum Gasteiger partial charge on any atom is -0.338 e. The molecular weight excluding hydrogens is 212 g/mol. The lowest BCUT2D eigenvalue weighted by atomic mass is 10.1. The molecule has 17 heavy (non-hydrogen) atoms. The molecule has 1 N–H and O–H groups in total. The molecule has 1 heterocycles. The summed E-state index contributed by atoms with van der Waals surface area (Å²) in [5.41, 5.74) is 0. The molecule has 0 radical (unpaired) electrons. The third-order valence-electron chi connectivity index (χ3n) is 3.99. The molecule has 98 valence electrons. The van der Waals surface area contributed by atoms with E-state index in [2.05, 4.69) is 24.1 Å². The fourth-order valence-electron chi connectivity index (χ4n) is 3.24.